The maximum atomic E-state index is 13.6. The summed E-state index contributed by atoms with van der Waals surface area (Å²) in [5.41, 5.74) is 1.69. The molecule has 106 valence electrons. The van der Waals surface area contributed by atoms with Crippen LogP contribution in [0.25, 0.3) is 0 Å². The van der Waals surface area contributed by atoms with Crippen molar-refractivity contribution in [3.8, 4) is 0 Å². The lowest BCUT2D eigenvalue weighted by molar-refractivity contribution is -0.115. The van der Waals surface area contributed by atoms with Gasteiger partial charge in [-0.05, 0) is 29.8 Å². The highest BCUT2D eigenvalue weighted by Crippen LogP contribution is 2.27. The molecule has 2 aromatic carbocycles. The Morgan fingerprint density at radius 3 is 2.86 bits per heavy atom. The molecule has 1 heterocycles. The van der Waals surface area contributed by atoms with Crippen molar-refractivity contribution in [2.75, 3.05) is 10.6 Å². The zero-order valence-corrected chi connectivity index (χ0v) is 11.5. The van der Waals surface area contributed by atoms with Crippen molar-refractivity contribution in [3.05, 3.63) is 58.4 Å². The van der Waals surface area contributed by atoms with Crippen LogP contribution in [0.2, 0.25) is 5.02 Å². The number of anilines is 2. The molecule has 21 heavy (non-hydrogen) atoms. The number of hydrogen-bond donors (Lipinski definition) is 2. The molecule has 2 N–H and O–H groups in total. The van der Waals surface area contributed by atoms with Crippen LogP contribution in [0.3, 0.4) is 0 Å². The number of halogens is 2. The summed E-state index contributed by atoms with van der Waals surface area (Å²) in [4.78, 5) is 23.4. The Morgan fingerprint density at radius 2 is 2.10 bits per heavy atom. The van der Waals surface area contributed by atoms with E-state index in [-0.39, 0.29) is 16.6 Å². The summed E-state index contributed by atoms with van der Waals surface area (Å²) in [5.74, 6) is -1.21. The van der Waals surface area contributed by atoms with Crippen LogP contribution in [-0.2, 0) is 11.2 Å². The van der Waals surface area contributed by atoms with Crippen LogP contribution in [0.1, 0.15) is 15.9 Å². The summed E-state index contributed by atoms with van der Waals surface area (Å²) in [6, 6.07) is 9.00. The predicted octanol–water partition coefficient (Wildman–Crippen LogP) is 3.23. The highest BCUT2D eigenvalue weighted by atomic mass is 35.5. The molecule has 0 aromatic heterocycles. The average molecular weight is 305 g/mol. The van der Waals surface area contributed by atoms with Crippen LogP contribution in [0.5, 0.6) is 0 Å². The lowest BCUT2D eigenvalue weighted by atomic mass is 10.1. The number of carbonyl (C=O) groups excluding carboxylic acids is 2. The van der Waals surface area contributed by atoms with Crippen molar-refractivity contribution in [1.29, 1.82) is 0 Å². The Kier molecular flexibility index (Phi) is 3.35. The van der Waals surface area contributed by atoms with Gasteiger partial charge in [0.2, 0.25) is 5.91 Å². The average Bonchev–Trinajstić information content (AvgIpc) is 2.81. The smallest absolute Gasteiger partial charge is 0.255 e. The Hall–Kier alpha value is -2.40. The molecule has 0 saturated heterocycles. The molecular formula is C15H10ClFN2O2. The minimum Gasteiger partial charge on any atom is -0.326 e. The number of para-hydroxylation sites is 1. The standard InChI is InChI=1S/C15H10ClFN2O2/c16-10-2-1-3-11(17)14(10)19-15(21)9-5-4-8-7-13(20)18-12(8)6-9/h1-6H,7H2,(H,18,20)(H,19,21). The second-order valence-corrected chi connectivity index (χ2v) is 5.05. The minimum absolute atomic E-state index is 0.0614. The van der Waals surface area contributed by atoms with Gasteiger partial charge in [-0.15, -0.1) is 0 Å². The molecule has 4 nitrogen and oxygen atoms in total. The van der Waals surface area contributed by atoms with Crippen molar-refractivity contribution in [2.24, 2.45) is 0 Å². The maximum Gasteiger partial charge on any atom is 0.255 e. The van der Waals surface area contributed by atoms with E-state index < -0.39 is 11.7 Å². The van der Waals surface area contributed by atoms with Crippen molar-refractivity contribution < 1.29 is 14.0 Å². The minimum atomic E-state index is -0.606. The van der Waals surface area contributed by atoms with E-state index >= 15 is 0 Å². The largest absolute Gasteiger partial charge is 0.326 e. The van der Waals surface area contributed by atoms with E-state index in [1.807, 2.05) is 0 Å². The van der Waals surface area contributed by atoms with E-state index in [0.29, 0.717) is 17.7 Å². The monoisotopic (exact) mass is 304 g/mol. The van der Waals surface area contributed by atoms with Gasteiger partial charge in [-0.25, -0.2) is 4.39 Å². The van der Waals surface area contributed by atoms with E-state index in [2.05, 4.69) is 10.6 Å². The van der Waals surface area contributed by atoms with Crippen LogP contribution in [0.15, 0.2) is 36.4 Å². The molecule has 6 heteroatoms. The Labute approximate surface area is 124 Å². The zero-order chi connectivity index (χ0) is 15.0. The third-order valence-corrected chi connectivity index (χ3v) is 3.51. The Bertz CT molecular complexity index is 741. The first kappa shape index (κ1) is 13.6. The SMILES string of the molecule is O=C1Cc2ccc(C(=O)Nc3c(F)cccc3Cl)cc2N1. The quantitative estimate of drug-likeness (QED) is 0.895. The third kappa shape index (κ3) is 2.60. The normalized spacial score (nSPS) is 12.8. The fraction of sp³-hybridized carbons (Fsp3) is 0.0667. The molecule has 2 aromatic rings. The Morgan fingerprint density at radius 1 is 1.29 bits per heavy atom. The van der Waals surface area contributed by atoms with E-state index in [1.165, 1.54) is 18.2 Å². The van der Waals surface area contributed by atoms with Crippen molar-refractivity contribution in [1.82, 2.24) is 0 Å². The van der Waals surface area contributed by atoms with Crippen molar-refractivity contribution in [2.45, 2.75) is 6.42 Å². The summed E-state index contributed by atoms with van der Waals surface area (Å²) in [5, 5.41) is 5.22. The zero-order valence-electron chi connectivity index (χ0n) is 10.7. The molecule has 0 unspecified atom stereocenters. The van der Waals surface area contributed by atoms with Crippen LogP contribution < -0.4 is 10.6 Å². The molecule has 0 fully saturated rings. The lowest BCUT2D eigenvalue weighted by Crippen LogP contribution is -2.13. The highest BCUT2D eigenvalue weighted by Gasteiger charge is 2.19. The van der Waals surface area contributed by atoms with Crippen LogP contribution >= 0.6 is 11.6 Å². The first-order valence-corrected chi connectivity index (χ1v) is 6.60. The van der Waals surface area contributed by atoms with Crippen LogP contribution in [0.4, 0.5) is 15.8 Å². The molecule has 0 spiro atoms. The topological polar surface area (TPSA) is 58.2 Å². The molecule has 0 radical (unpaired) electrons. The molecule has 0 saturated carbocycles. The number of benzene rings is 2. The second kappa shape index (κ2) is 5.18. The summed E-state index contributed by atoms with van der Waals surface area (Å²) in [6.07, 6.45) is 0.302. The number of carbonyl (C=O) groups is 2. The molecule has 0 bridgehead atoms. The summed E-state index contributed by atoms with van der Waals surface area (Å²) in [6.45, 7) is 0. The number of nitrogens with one attached hydrogen (secondary N) is 2. The van der Waals surface area contributed by atoms with Gasteiger partial charge in [-0.1, -0.05) is 23.7 Å². The van der Waals surface area contributed by atoms with E-state index in [4.69, 9.17) is 11.6 Å². The molecule has 0 atom stereocenters. The number of amides is 2. The summed E-state index contributed by atoms with van der Waals surface area (Å²) >= 11 is 5.86. The lowest BCUT2D eigenvalue weighted by Gasteiger charge is -2.09. The molecule has 1 aliphatic heterocycles. The molecule has 2 amide bonds. The molecule has 1 aliphatic rings. The molecule has 0 aliphatic carbocycles. The van der Waals surface area contributed by atoms with Gasteiger partial charge in [0.25, 0.3) is 5.91 Å². The molecular weight excluding hydrogens is 295 g/mol. The van der Waals surface area contributed by atoms with Gasteiger partial charge in [0, 0.05) is 11.3 Å². The fourth-order valence-electron chi connectivity index (χ4n) is 2.16. The van der Waals surface area contributed by atoms with Crippen molar-refractivity contribution in [3.63, 3.8) is 0 Å². The first-order valence-electron chi connectivity index (χ1n) is 6.23. The van der Waals surface area contributed by atoms with Crippen molar-refractivity contribution >= 4 is 34.8 Å². The first-order chi connectivity index (χ1) is 10.0. The summed E-state index contributed by atoms with van der Waals surface area (Å²) in [7, 11) is 0. The Balaban J connectivity index is 1.87. The predicted molar refractivity (Wildman–Crippen MR) is 78.1 cm³/mol. The van der Waals surface area contributed by atoms with E-state index in [0.717, 1.165) is 5.56 Å². The fourth-order valence-corrected chi connectivity index (χ4v) is 2.37. The van der Waals surface area contributed by atoms with Gasteiger partial charge in [-0.3, -0.25) is 9.59 Å². The van der Waals surface area contributed by atoms with E-state index in [1.54, 1.807) is 18.2 Å². The van der Waals surface area contributed by atoms with Gasteiger partial charge in [0.1, 0.15) is 5.82 Å². The summed E-state index contributed by atoms with van der Waals surface area (Å²) < 4.78 is 13.6. The molecule has 3 rings (SSSR count). The van der Waals surface area contributed by atoms with Crippen LogP contribution in [-0.4, -0.2) is 11.8 Å². The number of hydrogen-bond acceptors (Lipinski definition) is 2. The van der Waals surface area contributed by atoms with Gasteiger partial charge in [0.15, 0.2) is 0 Å². The number of fused-ring (bicyclic) bond motifs is 1. The number of rotatable bonds is 2. The van der Waals surface area contributed by atoms with Gasteiger partial charge >= 0.3 is 0 Å². The maximum absolute atomic E-state index is 13.6. The third-order valence-electron chi connectivity index (χ3n) is 3.20. The van der Waals surface area contributed by atoms with Gasteiger partial charge in [-0.2, -0.15) is 0 Å². The van der Waals surface area contributed by atoms with Gasteiger partial charge in [0.05, 0.1) is 17.1 Å². The highest BCUT2D eigenvalue weighted by molar-refractivity contribution is 6.34. The van der Waals surface area contributed by atoms with Gasteiger partial charge < -0.3 is 10.6 Å². The second-order valence-electron chi connectivity index (χ2n) is 4.65. The van der Waals surface area contributed by atoms with Crippen LogP contribution in [0, 0.1) is 5.82 Å². The van der Waals surface area contributed by atoms with E-state index in [9.17, 15) is 14.0 Å².